The second-order valence-corrected chi connectivity index (χ2v) is 6.71. The Kier molecular flexibility index (Phi) is 7.57. The number of hydrogen-bond donors (Lipinski definition) is 2. The van der Waals surface area contributed by atoms with Crippen LogP contribution in [0.1, 0.15) is 17.5 Å². The van der Waals surface area contributed by atoms with Crippen molar-refractivity contribution in [2.24, 2.45) is 10.7 Å². The summed E-state index contributed by atoms with van der Waals surface area (Å²) in [5.41, 5.74) is 6.89. The Morgan fingerprint density at radius 3 is 2.71 bits per heavy atom. The molecular weight excluding hydrogens is 429 g/mol. The number of halogens is 2. The largest absolute Gasteiger partial charge is 0.493 e. The van der Waals surface area contributed by atoms with E-state index in [9.17, 15) is 9.18 Å². The summed E-state index contributed by atoms with van der Waals surface area (Å²) >= 11 is 3.23. The first-order valence-corrected chi connectivity index (χ1v) is 9.16. The lowest BCUT2D eigenvalue weighted by Crippen LogP contribution is -2.17. The number of amidine groups is 1. The van der Waals surface area contributed by atoms with Crippen LogP contribution in [0, 0.1) is 12.7 Å². The third-order valence-corrected chi connectivity index (χ3v) is 4.27. The molecule has 0 saturated carbocycles. The SMILES string of the molecule is C=C/N=C(/Nc1ccc(Br)cc1F)c1cc(OC)c(OCCC(N)=O)cc1C. The van der Waals surface area contributed by atoms with E-state index in [0.29, 0.717) is 27.4 Å². The number of benzene rings is 2. The molecule has 2 aromatic rings. The van der Waals surface area contributed by atoms with E-state index < -0.39 is 11.7 Å². The molecule has 1 amide bonds. The minimum absolute atomic E-state index is 0.0948. The normalized spacial score (nSPS) is 11.1. The predicted octanol–water partition coefficient (Wildman–Crippen LogP) is 4.16. The van der Waals surface area contributed by atoms with E-state index in [4.69, 9.17) is 15.2 Å². The summed E-state index contributed by atoms with van der Waals surface area (Å²) in [6.45, 7) is 5.62. The van der Waals surface area contributed by atoms with Crippen molar-refractivity contribution in [2.75, 3.05) is 19.0 Å². The monoisotopic (exact) mass is 449 g/mol. The van der Waals surface area contributed by atoms with E-state index in [1.54, 1.807) is 24.3 Å². The Labute approximate surface area is 171 Å². The van der Waals surface area contributed by atoms with E-state index in [0.717, 1.165) is 5.56 Å². The lowest BCUT2D eigenvalue weighted by atomic mass is 10.1. The smallest absolute Gasteiger partial charge is 0.220 e. The zero-order valence-corrected chi connectivity index (χ0v) is 17.2. The Morgan fingerprint density at radius 1 is 1.36 bits per heavy atom. The first-order valence-electron chi connectivity index (χ1n) is 8.36. The molecule has 0 fully saturated rings. The molecule has 3 N–H and O–H groups in total. The Morgan fingerprint density at radius 2 is 2.11 bits per heavy atom. The van der Waals surface area contributed by atoms with Gasteiger partial charge < -0.3 is 20.5 Å². The molecule has 0 unspecified atom stereocenters. The van der Waals surface area contributed by atoms with Crippen LogP contribution >= 0.6 is 15.9 Å². The zero-order valence-electron chi connectivity index (χ0n) is 15.6. The second-order valence-electron chi connectivity index (χ2n) is 5.79. The number of anilines is 1. The van der Waals surface area contributed by atoms with Crippen LogP contribution < -0.4 is 20.5 Å². The number of nitrogens with two attached hydrogens (primary N) is 1. The van der Waals surface area contributed by atoms with Crippen molar-refractivity contribution >= 4 is 33.4 Å². The summed E-state index contributed by atoms with van der Waals surface area (Å²) in [6.07, 6.45) is 1.46. The highest BCUT2D eigenvalue weighted by Gasteiger charge is 2.15. The highest BCUT2D eigenvalue weighted by Crippen LogP contribution is 2.31. The number of aryl methyl sites for hydroxylation is 1. The number of primary amides is 1. The fraction of sp³-hybridized carbons (Fsp3) is 0.200. The molecule has 0 aromatic heterocycles. The summed E-state index contributed by atoms with van der Waals surface area (Å²) in [4.78, 5) is 15.1. The van der Waals surface area contributed by atoms with Crippen molar-refractivity contribution in [1.82, 2.24) is 0 Å². The molecule has 0 atom stereocenters. The highest BCUT2D eigenvalue weighted by molar-refractivity contribution is 9.10. The van der Waals surface area contributed by atoms with E-state index in [-0.39, 0.29) is 18.7 Å². The van der Waals surface area contributed by atoms with Crippen molar-refractivity contribution in [3.05, 3.63) is 64.5 Å². The number of methoxy groups -OCH3 is 1. The van der Waals surface area contributed by atoms with Gasteiger partial charge in [0, 0.05) is 16.2 Å². The molecule has 0 aliphatic rings. The number of carbonyl (C=O) groups is 1. The molecule has 0 bridgehead atoms. The van der Waals surface area contributed by atoms with Crippen LogP contribution in [0.3, 0.4) is 0 Å². The topological polar surface area (TPSA) is 85.9 Å². The van der Waals surface area contributed by atoms with Crippen molar-refractivity contribution < 1.29 is 18.7 Å². The Balaban J connectivity index is 2.37. The molecule has 28 heavy (non-hydrogen) atoms. The van der Waals surface area contributed by atoms with Crippen LogP contribution in [0.25, 0.3) is 0 Å². The fourth-order valence-electron chi connectivity index (χ4n) is 2.43. The van der Waals surface area contributed by atoms with Gasteiger partial charge in [0.2, 0.25) is 5.91 Å². The van der Waals surface area contributed by atoms with E-state index in [1.165, 1.54) is 19.4 Å². The molecule has 0 radical (unpaired) electrons. The molecule has 0 aliphatic carbocycles. The summed E-state index contributed by atoms with van der Waals surface area (Å²) in [7, 11) is 1.50. The lowest BCUT2D eigenvalue weighted by molar-refractivity contribution is -0.118. The van der Waals surface area contributed by atoms with Gasteiger partial charge >= 0.3 is 0 Å². The molecule has 2 rings (SSSR count). The van der Waals surface area contributed by atoms with Gasteiger partial charge in [-0.05, 0) is 42.8 Å². The van der Waals surface area contributed by atoms with E-state index in [1.807, 2.05) is 6.92 Å². The summed E-state index contributed by atoms with van der Waals surface area (Å²) in [5.74, 6) is 0.434. The summed E-state index contributed by atoms with van der Waals surface area (Å²) < 4.78 is 25.8. The minimum atomic E-state index is -0.451. The third-order valence-electron chi connectivity index (χ3n) is 3.78. The standard InChI is InChI=1S/C20H21BrFN3O3/c1-4-24-20(25-16-6-5-13(21)10-15(16)22)14-11-17(27-3)18(9-12(14)2)28-8-7-19(23)26/h4-6,9-11H,1,7-8H2,2-3H3,(H2,23,26)(H,24,25). The highest BCUT2D eigenvalue weighted by atomic mass is 79.9. The molecule has 8 heteroatoms. The molecule has 0 aliphatic heterocycles. The summed E-state index contributed by atoms with van der Waals surface area (Å²) in [6, 6.07) is 8.16. The van der Waals surface area contributed by atoms with Gasteiger partial charge in [0.25, 0.3) is 0 Å². The van der Waals surface area contributed by atoms with Crippen molar-refractivity contribution in [1.29, 1.82) is 0 Å². The molecule has 0 saturated heterocycles. The number of nitrogens with one attached hydrogen (secondary N) is 1. The van der Waals surface area contributed by atoms with Gasteiger partial charge in [-0.15, -0.1) is 0 Å². The number of carbonyl (C=O) groups excluding carboxylic acids is 1. The Bertz CT molecular complexity index is 916. The van der Waals surface area contributed by atoms with E-state index in [2.05, 4.69) is 32.8 Å². The van der Waals surface area contributed by atoms with Crippen LogP contribution in [-0.4, -0.2) is 25.5 Å². The predicted molar refractivity (Wildman–Crippen MR) is 111 cm³/mol. The van der Waals surface area contributed by atoms with E-state index >= 15 is 0 Å². The number of nitrogens with zero attached hydrogens (tertiary/aromatic N) is 1. The zero-order chi connectivity index (χ0) is 20.7. The molecular formula is C20H21BrFN3O3. The van der Waals surface area contributed by atoms with Crippen molar-refractivity contribution in [2.45, 2.75) is 13.3 Å². The van der Waals surface area contributed by atoms with Gasteiger partial charge in [-0.2, -0.15) is 0 Å². The average molecular weight is 450 g/mol. The number of aliphatic imine (C=N–C) groups is 1. The van der Waals surface area contributed by atoms with Gasteiger partial charge in [-0.3, -0.25) is 4.79 Å². The van der Waals surface area contributed by atoms with Crippen LogP contribution in [0.2, 0.25) is 0 Å². The first-order chi connectivity index (χ1) is 13.3. The second kappa shape index (κ2) is 9.89. The number of amides is 1. The molecule has 148 valence electrons. The fourth-order valence-corrected chi connectivity index (χ4v) is 2.76. The maximum Gasteiger partial charge on any atom is 0.220 e. The molecule has 0 spiro atoms. The van der Waals surface area contributed by atoms with Crippen LogP contribution in [0.5, 0.6) is 11.5 Å². The average Bonchev–Trinajstić information content (AvgIpc) is 2.63. The van der Waals surface area contributed by atoms with Gasteiger partial charge in [0.1, 0.15) is 11.7 Å². The maximum atomic E-state index is 14.2. The lowest BCUT2D eigenvalue weighted by Gasteiger charge is -2.17. The van der Waals surface area contributed by atoms with Crippen LogP contribution in [0.4, 0.5) is 10.1 Å². The first kappa shape index (κ1) is 21.4. The van der Waals surface area contributed by atoms with Gasteiger partial charge in [0.15, 0.2) is 11.5 Å². The van der Waals surface area contributed by atoms with Crippen LogP contribution in [0.15, 0.2) is 52.6 Å². The van der Waals surface area contributed by atoms with Gasteiger partial charge in [0.05, 0.1) is 25.8 Å². The molecule has 0 heterocycles. The summed E-state index contributed by atoms with van der Waals surface area (Å²) in [5, 5.41) is 2.99. The number of hydrogen-bond acceptors (Lipinski definition) is 4. The molecule has 6 nitrogen and oxygen atoms in total. The van der Waals surface area contributed by atoms with Crippen molar-refractivity contribution in [3.63, 3.8) is 0 Å². The van der Waals surface area contributed by atoms with Gasteiger partial charge in [-0.1, -0.05) is 22.5 Å². The van der Waals surface area contributed by atoms with Crippen molar-refractivity contribution in [3.8, 4) is 11.5 Å². The van der Waals surface area contributed by atoms with Gasteiger partial charge in [-0.25, -0.2) is 9.38 Å². The Hall–Kier alpha value is -2.87. The number of ether oxygens (including phenoxy) is 2. The number of rotatable bonds is 8. The third kappa shape index (κ3) is 5.56. The minimum Gasteiger partial charge on any atom is -0.493 e. The quantitative estimate of drug-likeness (QED) is 0.467. The van der Waals surface area contributed by atoms with Crippen LogP contribution in [-0.2, 0) is 4.79 Å². The molecule has 2 aromatic carbocycles. The maximum absolute atomic E-state index is 14.2.